The number of nitrogens with one attached hydrogen (secondary N) is 2. The number of amides is 2. The lowest BCUT2D eigenvalue weighted by atomic mass is 9.77. The van der Waals surface area contributed by atoms with E-state index in [1.807, 2.05) is 0 Å². The van der Waals surface area contributed by atoms with E-state index in [9.17, 15) is 27.6 Å². The van der Waals surface area contributed by atoms with E-state index in [0.29, 0.717) is 18.4 Å². The Morgan fingerprint density at radius 2 is 1.84 bits per heavy atom. The van der Waals surface area contributed by atoms with Crippen molar-refractivity contribution >= 4 is 17.8 Å². The van der Waals surface area contributed by atoms with Gasteiger partial charge < -0.3 is 15.4 Å². The van der Waals surface area contributed by atoms with Gasteiger partial charge in [0.25, 0.3) is 5.91 Å². The minimum Gasteiger partial charge on any atom is -0.453 e. The fraction of sp³-hybridized carbons (Fsp3) is 0.524. The summed E-state index contributed by atoms with van der Waals surface area (Å²) < 4.78 is 42.1. The average Bonchev–Trinajstić information content (AvgIpc) is 2.73. The highest BCUT2D eigenvalue weighted by molar-refractivity contribution is 5.97. The molecule has 1 aromatic carbocycles. The van der Waals surface area contributed by atoms with Crippen molar-refractivity contribution in [3.05, 3.63) is 35.9 Å². The summed E-state index contributed by atoms with van der Waals surface area (Å²) in [7, 11) is 0. The van der Waals surface area contributed by atoms with Crippen LogP contribution in [0.3, 0.4) is 0 Å². The van der Waals surface area contributed by atoms with Gasteiger partial charge in [-0.3, -0.25) is 9.59 Å². The summed E-state index contributed by atoms with van der Waals surface area (Å²) in [6, 6.07) is 9.20. The van der Waals surface area contributed by atoms with Gasteiger partial charge in [-0.1, -0.05) is 18.2 Å². The SMILES string of the molecule is CC1(OC(=O)C(F)(F)F)CCC(C[C@H](NC(=O)c2ccccc2)C(=O)NCC#N)CC1. The molecule has 1 aliphatic carbocycles. The van der Waals surface area contributed by atoms with Crippen molar-refractivity contribution in [1.82, 2.24) is 10.6 Å². The Hall–Kier alpha value is -3.09. The normalized spacial score (nSPS) is 22.0. The molecule has 0 unspecified atom stereocenters. The van der Waals surface area contributed by atoms with Crippen LogP contribution in [0.1, 0.15) is 49.4 Å². The predicted molar refractivity (Wildman–Crippen MR) is 103 cm³/mol. The van der Waals surface area contributed by atoms with E-state index in [1.165, 1.54) is 6.92 Å². The Kier molecular flexibility index (Phi) is 8.02. The Morgan fingerprint density at radius 1 is 1.23 bits per heavy atom. The molecule has 0 radical (unpaired) electrons. The Morgan fingerprint density at radius 3 is 2.39 bits per heavy atom. The summed E-state index contributed by atoms with van der Waals surface area (Å²) in [6.45, 7) is 1.24. The number of nitriles is 1. The van der Waals surface area contributed by atoms with Gasteiger partial charge in [0.1, 0.15) is 18.2 Å². The van der Waals surface area contributed by atoms with E-state index in [-0.39, 0.29) is 31.7 Å². The number of rotatable bonds is 7. The first-order chi connectivity index (χ1) is 14.5. The molecule has 1 saturated carbocycles. The van der Waals surface area contributed by atoms with Gasteiger partial charge in [0.05, 0.1) is 6.07 Å². The number of benzene rings is 1. The van der Waals surface area contributed by atoms with Crippen LogP contribution in [0, 0.1) is 17.2 Å². The topological polar surface area (TPSA) is 108 Å². The van der Waals surface area contributed by atoms with Crippen LogP contribution in [0.15, 0.2) is 30.3 Å². The molecule has 1 aromatic rings. The number of nitrogens with zero attached hydrogens (tertiary/aromatic N) is 1. The first kappa shape index (κ1) is 24.2. The van der Waals surface area contributed by atoms with Crippen LogP contribution < -0.4 is 10.6 Å². The zero-order valence-corrected chi connectivity index (χ0v) is 17.0. The highest BCUT2D eigenvalue weighted by Crippen LogP contribution is 2.38. The fourth-order valence-electron chi connectivity index (χ4n) is 3.55. The van der Waals surface area contributed by atoms with Crippen LogP contribution >= 0.6 is 0 Å². The van der Waals surface area contributed by atoms with Gasteiger partial charge >= 0.3 is 12.1 Å². The van der Waals surface area contributed by atoms with Crippen LogP contribution in [0.25, 0.3) is 0 Å². The number of carbonyl (C=O) groups excluding carboxylic acids is 3. The maximum Gasteiger partial charge on any atom is 0.490 e. The van der Waals surface area contributed by atoms with Crippen molar-refractivity contribution in [3.8, 4) is 6.07 Å². The third kappa shape index (κ3) is 7.27. The number of carbonyl (C=O) groups is 3. The largest absolute Gasteiger partial charge is 0.490 e. The van der Waals surface area contributed by atoms with Crippen molar-refractivity contribution in [3.63, 3.8) is 0 Å². The van der Waals surface area contributed by atoms with Gasteiger partial charge in [0.15, 0.2) is 0 Å². The van der Waals surface area contributed by atoms with Gasteiger partial charge in [-0.15, -0.1) is 0 Å². The molecule has 2 amide bonds. The second kappa shape index (κ2) is 10.3. The number of halogens is 3. The molecular formula is C21H24F3N3O4. The zero-order valence-electron chi connectivity index (χ0n) is 17.0. The van der Waals surface area contributed by atoms with E-state index in [1.54, 1.807) is 36.4 Å². The smallest absolute Gasteiger partial charge is 0.453 e. The summed E-state index contributed by atoms with van der Waals surface area (Å²) in [5.41, 5.74) is -0.856. The van der Waals surface area contributed by atoms with E-state index >= 15 is 0 Å². The number of esters is 1. The predicted octanol–water partition coefficient (Wildman–Crippen LogP) is 2.87. The minimum absolute atomic E-state index is 0.0772. The molecule has 0 saturated heterocycles. The van der Waals surface area contributed by atoms with Crippen molar-refractivity contribution in [1.29, 1.82) is 5.26 Å². The van der Waals surface area contributed by atoms with E-state index in [4.69, 9.17) is 5.26 Å². The summed E-state index contributed by atoms with van der Waals surface area (Å²) in [5, 5.41) is 13.8. The average molecular weight is 439 g/mol. The van der Waals surface area contributed by atoms with Crippen LogP contribution in [-0.4, -0.2) is 42.1 Å². The molecule has 168 valence electrons. The Balaban J connectivity index is 2.00. The molecule has 0 aliphatic heterocycles. The second-order valence-electron chi connectivity index (χ2n) is 7.78. The summed E-state index contributed by atoms with van der Waals surface area (Å²) in [6.07, 6.45) is -3.54. The molecule has 2 N–H and O–H groups in total. The molecular weight excluding hydrogens is 415 g/mol. The summed E-state index contributed by atoms with van der Waals surface area (Å²) in [5.74, 6) is -3.25. The third-order valence-corrected chi connectivity index (χ3v) is 5.30. The number of ether oxygens (including phenoxy) is 1. The molecule has 1 atom stereocenters. The fourth-order valence-corrected chi connectivity index (χ4v) is 3.55. The summed E-state index contributed by atoms with van der Waals surface area (Å²) >= 11 is 0. The van der Waals surface area contributed by atoms with Crippen LogP contribution in [0.5, 0.6) is 0 Å². The molecule has 31 heavy (non-hydrogen) atoms. The molecule has 7 nitrogen and oxygen atoms in total. The molecule has 10 heteroatoms. The monoisotopic (exact) mass is 439 g/mol. The van der Waals surface area contributed by atoms with Crippen molar-refractivity contribution < 1.29 is 32.3 Å². The quantitative estimate of drug-likeness (QED) is 0.502. The Labute approximate surface area is 177 Å². The van der Waals surface area contributed by atoms with Crippen LogP contribution in [0.2, 0.25) is 0 Å². The zero-order chi connectivity index (χ0) is 23.1. The highest BCUT2D eigenvalue weighted by Gasteiger charge is 2.46. The molecule has 0 bridgehead atoms. The number of alkyl halides is 3. The van der Waals surface area contributed by atoms with Crippen LogP contribution in [0.4, 0.5) is 13.2 Å². The summed E-state index contributed by atoms with van der Waals surface area (Å²) in [4.78, 5) is 36.1. The van der Waals surface area contributed by atoms with Crippen molar-refractivity contribution in [2.75, 3.05) is 6.54 Å². The second-order valence-corrected chi connectivity index (χ2v) is 7.78. The van der Waals surface area contributed by atoms with Gasteiger partial charge in [0.2, 0.25) is 5.91 Å². The molecule has 1 fully saturated rings. The maximum absolute atomic E-state index is 12.5. The van der Waals surface area contributed by atoms with Gasteiger partial charge in [-0.25, -0.2) is 4.79 Å². The van der Waals surface area contributed by atoms with Crippen molar-refractivity contribution in [2.45, 2.75) is 56.8 Å². The first-order valence-electron chi connectivity index (χ1n) is 9.85. The van der Waals surface area contributed by atoms with Crippen molar-refractivity contribution in [2.24, 2.45) is 5.92 Å². The van der Waals surface area contributed by atoms with Gasteiger partial charge in [0, 0.05) is 5.56 Å². The minimum atomic E-state index is -5.05. The lowest BCUT2D eigenvalue weighted by Gasteiger charge is -2.37. The molecule has 0 aromatic heterocycles. The molecule has 2 rings (SSSR count). The molecule has 0 spiro atoms. The number of hydrogen-bond acceptors (Lipinski definition) is 5. The standard InChI is InChI=1S/C21H24F3N3O4/c1-20(31-19(30)21(22,23)24)9-7-14(8-10-20)13-16(18(29)26-12-11-25)27-17(28)15-5-3-2-4-6-15/h2-6,14,16H,7-10,12-13H2,1H3,(H,26,29)(H,27,28)/t14?,16-,20?/m0/s1. The van der Waals surface area contributed by atoms with E-state index in [0.717, 1.165) is 0 Å². The highest BCUT2D eigenvalue weighted by atomic mass is 19.4. The van der Waals surface area contributed by atoms with Crippen LogP contribution in [-0.2, 0) is 14.3 Å². The first-order valence-corrected chi connectivity index (χ1v) is 9.85. The number of hydrogen-bond donors (Lipinski definition) is 2. The lowest BCUT2D eigenvalue weighted by molar-refractivity contribution is -0.215. The lowest BCUT2D eigenvalue weighted by Crippen LogP contribution is -2.48. The Bertz CT molecular complexity index is 829. The maximum atomic E-state index is 12.5. The van der Waals surface area contributed by atoms with E-state index < -0.39 is 35.6 Å². The third-order valence-electron chi connectivity index (χ3n) is 5.30. The molecule has 1 aliphatic rings. The van der Waals surface area contributed by atoms with Gasteiger partial charge in [-0.05, 0) is 57.1 Å². The van der Waals surface area contributed by atoms with E-state index in [2.05, 4.69) is 15.4 Å². The van der Waals surface area contributed by atoms with Gasteiger partial charge in [-0.2, -0.15) is 18.4 Å². The molecule has 0 heterocycles.